The van der Waals surface area contributed by atoms with Gasteiger partial charge in [0.1, 0.15) is 5.82 Å². The molecule has 26 heavy (non-hydrogen) atoms. The number of hydrogen-bond donors (Lipinski definition) is 1. The van der Waals surface area contributed by atoms with Gasteiger partial charge in [-0.2, -0.15) is 5.10 Å². The van der Waals surface area contributed by atoms with Gasteiger partial charge in [0.05, 0.1) is 13.2 Å². The van der Waals surface area contributed by atoms with Crippen molar-refractivity contribution in [2.45, 2.75) is 70.4 Å². The lowest BCUT2D eigenvalue weighted by molar-refractivity contribution is 0.134. The molecule has 5 nitrogen and oxygen atoms in total. The van der Waals surface area contributed by atoms with E-state index in [4.69, 9.17) is 20.6 Å². The number of hydrogen-bond acceptors (Lipinski definition) is 4. The van der Waals surface area contributed by atoms with Gasteiger partial charge in [0.2, 0.25) is 0 Å². The van der Waals surface area contributed by atoms with Crippen molar-refractivity contribution >= 4 is 0 Å². The number of benzene rings is 1. The summed E-state index contributed by atoms with van der Waals surface area (Å²) in [5, 5.41) is 4.80. The molecule has 3 rings (SSSR count). The van der Waals surface area contributed by atoms with Crippen LogP contribution < -0.4 is 5.73 Å². The Kier molecular flexibility index (Phi) is 7.21. The van der Waals surface area contributed by atoms with Crippen LogP contribution in [0.1, 0.15) is 62.2 Å². The Morgan fingerprint density at radius 1 is 1.12 bits per heavy atom. The lowest BCUT2D eigenvalue weighted by Gasteiger charge is -2.25. The van der Waals surface area contributed by atoms with Crippen molar-refractivity contribution in [3.63, 3.8) is 0 Å². The monoisotopic (exact) mass is 356 g/mol. The van der Waals surface area contributed by atoms with Gasteiger partial charge in [0.15, 0.2) is 5.82 Å². The van der Waals surface area contributed by atoms with E-state index in [9.17, 15) is 0 Å². The van der Waals surface area contributed by atoms with Crippen LogP contribution in [0.5, 0.6) is 0 Å². The Morgan fingerprint density at radius 3 is 2.62 bits per heavy atom. The van der Waals surface area contributed by atoms with Gasteiger partial charge in [-0.3, -0.25) is 0 Å². The van der Waals surface area contributed by atoms with E-state index in [0.717, 1.165) is 69.7 Å². The van der Waals surface area contributed by atoms with Crippen molar-refractivity contribution in [1.29, 1.82) is 0 Å². The number of aryl methyl sites for hydroxylation is 2. The molecule has 2 aromatic rings. The minimum absolute atomic E-state index is 0.358. The molecule has 0 radical (unpaired) electrons. The fraction of sp³-hybridized carbons (Fsp3) is 0.619. The zero-order valence-corrected chi connectivity index (χ0v) is 15.9. The molecule has 0 atom stereocenters. The lowest BCUT2D eigenvalue weighted by atomic mass is 9.86. The van der Waals surface area contributed by atoms with Crippen LogP contribution in [0, 0.1) is 0 Å². The van der Waals surface area contributed by atoms with Gasteiger partial charge >= 0.3 is 0 Å². The molecular formula is C21H32N4O. The van der Waals surface area contributed by atoms with E-state index in [1.54, 1.807) is 0 Å². The second-order valence-corrected chi connectivity index (χ2v) is 7.26. The van der Waals surface area contributed by atoms with Crippen LogP contribution in [-0.2, 0) is 24.1 Å². The molecule has 1 saturated carbocycles. The second kappa shape index (κ2) is 9.83. The van der Waals surface area contributed by atoms with Crippen molar-refractivity contribution in [2.24, 2.45) is 5.73 Å². The molecule has 1 fully saturated rings. The van der Waals surface area contributed by atoms with Gasteiger partial charge < -0.3 is 10.5 Å². The maximum atomic E-state index is 6.07. The zero-order chi connectivity index (χ0) is 18.2. The Morgan fingerprint density at radius 2 is 1.88 bits per heavy atom. The highest BCUT2D eigenvalue weighted by Crippen LogP contribution is 2.31. The highest BCUT2D eigenvalue weighted by atomic mass is 16.5. The molecule has 0 unspecified atom stereocenters. The third-order valence-electron chi connectivity index (χ3n) is 5.24. The van der Waals surface area contributed by atoms with E-state index in [-0.39, 0.29) is 0 Å². The molecule has 0 aliphatic heterocycles. The third-order valence-corrected chi connectivity index (χ3v) is 5.24. The van der Waals surface area contributed by atoms with E-state index in [1.807, 2.05) is 6.92 Å². The predicted octanol–water partition coefficient (Wildman–Crippen LogP) is 3.47. The topological polar surface area (TPSA) is 66.0 Å². The minimum Gasteiger partial charge on any atom is -0.380 e. The standard InChI is InChI=1S/C21H32N4O/c1-2-26-16-15-25-21(18-11-13-19(22)14-12-18)23-20(24-25)10-6-9-17-7-4-3-5-8-17/h3-5,7-8,18-19H,2,6,9-16,22H2,1H3. The minimum atomic E-state index is 0.358. The van der Waals surface area contributed by atoms with Gasteiger partial charge in [-0.25, -0.2) is 9.67 Å². The third kappa shape index (κ3) is 5.39. The van der Waals surface area contributed by atoms with Crippen molar-refractivity contribution in [3.8, 4) is 0 Å². The molecule has 0 saturated heterocycles. The van der Waals surface area contributed by atoms with Crippen LogP contribution in [0.15, 0.2) is 30.3 Å². The Balaban J connectivity index is 1.62. The van der Waals surface area contributed by atoms with Crippen LogP contribution >= 0.6 is 0 Å². The molecular weight excluding hydrogens is 324 g/mol. The molecule has 1 aromatic heterocycles. The van der Waals surface area contributed by atoms with E-state index < -0.39 is 0 Å². The first-order valence-electron chi connectivity index (χ1n) is 10.1. The van der Waals surface area contributed by atoms with Crippen LogP contribution in [0.25, 0.3) is 0 Å². The molecule has 5 heteroatoms. The number of nitrogens with two attached hydrogens (primary N) is 1. The Hall–Kier alpha value is -1.72. The summed E-state index contributed by atoms with van der Waals surface area (Å²) in [6.45, 7) is 4.26. The zero-order valence-electron chi connectivity index (χ0n) is 15.9. The number of aromatic nitrogens is 3. The summed E-state index contributed by atoms with van der Waals surface area (Å²) in [6.07, 6.45) is 7.50. The van der Waals surface area contributed by atoms with Crippen molar-refractivity contribution in [1.82, 2.24) is 14.8 Å². The highest BCUT2D eigenvalue weighted by molar-refractivity contribution is 5.14. The molecule has 1 heterocycles. The molecule has 2 N–H and O–H groups in total. The average Bonchev–Trinajstić information content (AvgIpc) is 3.06. The highest BCUT2D eigenvalue weighted by Gasteiger charge is 2.25. The Bertz CT molecular complexity index is 647. The summed E-state index contributed by atoms with van der Waals surface area (Å²) in [6, 6.07) is 11.0. The summed E-state index contributed by atoms with van der Waals surface area (Å²) in [7, 11) is 0. The molecule has 1 aromatic carbocycles. The fourth-order valence-electron chi connectivity index (χ4n) is 3.74. The summed E-state index contributed by atoms with van der Waals surface area (Å²) in [4.78, 5) is 4.92. The normalized spacial score (nSPS) is 20.4. The van der Waals surface area contributed by atoms with Gasteiger partial charge in [0.25, 0.3) is 0 Å². The Labute approximate surface area is 157 Å². The smallest absolute Gasteiger partial charge is 0.150 e. The first-order chi connectivity index (χ1) is 12.8. The molecule has 0 spiro atoms. The van der Waals surface area contributed by atoms with Crippen molar-refractivity contribution < 1.29 is 4.74 Å². The first-order valence-corrected chi connectivity index (χ1v) is 10.1. The molecule has 0 bridgehead atoms. The van der Waals surface area contributed by atoms with Gasteiger partial charge in [0, 0.05) is 25.0 Å². The molecule has 0 amide bonds. The predicted molar refractivity (Wildman–Crippen MR) is 104 cm³/mol. The van der Waals surface area contributed by atoms with E-state index >= 15 is 0 Å². The van der Waals surface area contributed by atoms with Crippen LogP contribution in [0.3, 0.4) is 0 Å². The van der Waals surface area contributed by atoms with Crippen LogP contribution in [-0.4, -0.2) is 34.0 Å². The SMILES string of the molecule is CCOCCn1nc(CCCc2ccccc2)nc1C1CCC(N)CC1. The van der Waals surface area contributed by atoms with E-state index in [2.05, 4.69) is 35.0 Å². The second-order valence-electron chi connectivity index (χ2n) is 7.26. The summed E-state index contributed by atoms with van der Waals surface area (Å²) >= 11 is 0. The summed E-state index contributed by atoms with van der Waals surface area (Å²) < 4.78 is 7.63. The largest absolute Gasteiger partial charge is 0.380 e. The summed E-state index contributed by atoms with van der Waals surface area (Å²) in [5.74, 6) is 2.61. The fourth-order valence-corrected chi connectivity index (χ4v) is 3.74. The van der Waals surface area contributed by atoms with Gasteiger partial charge in [-0.05, 0) is 51.0 Å². The van der Waals surface area contributed by atoms with Crippen LogP contribution in [0.2, 0.25) is 0 Å². The number of rotatable bonds is 9. The summed E-state index contributed by atoms with van der Waals surface area (Å²) in [5.41, 5.74) is 7.45. The van der Waals surface area contributed by atoms with E-state index in [0.29, 0.717) is 18.6 Å². The molecule has 142 valence electrons. The maximum absolute atomic E-state index is 6.07. The van der Waals surface area contributed by atoms with Gasteiger partial charge in [-0.1, -0.05) is 30.3 Å². The first kappa shape index (κ1) is 19.1. The average molecular weight is 357 g/mol. The lowest BCUT2D eigenvalue weighted by Crippen LogP contribution is -2.27. The quantitative estimate of drug-likeness (QED) is 0.699. The van der Waals surface area contributed by atoms with Crippen molar-refractivity contribution in [3.05, 3.63) is 47.5 Å². The van der Waals surface area contributed by atoms with Crippen LogP contribution in [0.4, 0.5) is 0 Å². The number of nitrogens with zero attached hydrogens (tertiary/aromatic N) is 3. The maximum Gasteiger partial charge on any atom is 0.150 e. The van der Waals surface area contributed by atoms with Gasteiger partial charge in [-0.15, -0.1) is 0 Å². The van der Waals surface area contributed by atoms with Crippen molar-refractivity contribution in [2.75, 3.05) is 13.2 Å². The van der Waals surface area contributed by atoms with E-state index in [1.165, 1.54) is 5.56 Å². The number of ether oxygens (including phenoxy) is 1. The molecule has 1 aliphatic rings. The molecule has 1 aliphatic carbocycles.